The molecular formula is C8H17NO2. The molecule has 0 unspecified atom stereocenters. The van der Waals surface area contributed by atoms with Gasteiger partial charge in [-0.05, 0) is 26.8 Å². The second-order valence-corrected chi connectivity index (χ2v) is 3.28. The quantitative estimate of drug-likeness (QED) is 0.602. The number of ether oxygens (including phenoxy) is 1. The van der Waals surface area contributed by atoms with E-state index >= 15 is 0 Å². The van der Waals surface area contributed by atoms with Gasteiger partial charge in [-0.1, -0.05) is 0 Å². The molecule has 0 aliphatic carbocycles. The maximum absolute atomic E-state index is 9.45. The van der Waals surface area contributed by atoms with Crippen LogP contribution in [0.25, 0.3) is 0 Å². The first-order valence-corrected chi connectivity index (χ1v) is 4.24. The molecule has 1 heterocycles. The molecule has 0 bridgehead atoms. The molecule has 1 aliphatic heterocycles. The fourth-order valence-corrected chi connectivity index (χ4v) is 1.30. The molecule has 2 atom stereocenters. The molecule has 11 heavy (non-hydrogen) atoms. The van der Waals surface area contributed by atoms with Gasteiger partial charge in [0, 0.05) is 6.54 Å². The minimum atomic E-state index is -0.279. The summed E-state index contributed by atoms with van der Waals surface area (Å²) < 4.78 is 5.49. The van der Waals surface area contributed by atoms with Crippen LogP contribution in [0.1, 0.15) is 20.3 Å². The summed E-state index contributed by atoms with van der Waals surface area (Å²) >= 11 is 0. The SMILES string of the molecule is CC(C)O[C@H]1CNCC[C@@H]1O. The van der Waals surface area contributed by atoms with E-state index in [4.69, 9.17) is 4.74 Å². The highest BCUT2D eigenvalue weighted by Gasteiger charge is 2.23. The van der Waals surface area contributed by atoms with Crippen LogP contribution in [0.15, 0.2) is 0 Å². The molecule has 0 aromatic heterocycles. The third-order valence-corrected chi connectivity index (χ3v) is 1.84. The zero-order valence-corrected chi connectivity index (χ0v) is 7.21. The number of hydrogen-bond acceptors (Lipinski definition) is 3. The molecule has 1 fully saturated rings. The molecule has 1 saturated heterocycles. The van der Waals surface area contributed by atoms with E-state index in [1.165, 1.54) is 0 Å². The number of nitrogens with one attached hydrogen (secondary N) is 1. The summed E-state index contributed by atoms with van der Waals surface area (Å²) in [6, 6.07) is 0. The largest absolute Gasteiger partial charge is 0.390 e. The van der Waals surface area contributed by atoms with Gasteiger partial charge in [-0.3, -0.25) is 0 Å². The van der Waals surface area contributed by atoms with Crippen molar-refractivity contribution in [1.29, 1.82) is 0 Å². The van der Waals surface area contributed by atoms with Gasteiger partial charge in [0.05, 0.1) is 18.3 Å². The summed E-state index contributed by atoms with van der Waals surface area (Å²) in [6.07, 6.45) is 0.717. The molecule has 0 aromatic rings. The summed E-state index contributed by atoms with van der Waals surface area (Å²) in [5.74, 6) is 0. The van der Waals surface area contributed by atoms with Gasteiger partial charge in [0.2, 0.25) is 0 Å². The molecule has 0 amide bonds. The Kier molecular flexibility index (Phi) is 3.30. The first-order valence-electron chi connectivity index (χ1n) is 4.24. The van der Waals surface area contributed by atoms with Crippen molar-refractivity contribution in [3.05, 3.63) is 0 Å². The Balaban J connectivity index is 2.29. The van der Waals surface area contributed by atoms with E-state index in [1.54, 1.807) is 0 Å². The smallest absolute Gasteiger partial charge is 0.0961 e. The Morgan fingerprint density at radius 3 is 2.82 bits per heavy atom. The number of aliphatic hydroxyl groups is 1. The molecule has 0 radical (unpaired) electrons. The average Bonchev–Trinajstić information content (AvgIpc) is 1.93. The highest BCUT2D eigenvalue weighted by molar-refractivity contribution is 4.78. The Labute approximate surface area is 67.7 Å². The molecule has 1 rings (SSSR count). The van der Waals surface area contributed by atoms with Gasteiger partial charge >= 0.3 is 0 Å². The molecule has 0 aromatic carbocycles. The van der Waals surface area contributed by atoms with E-state index in [1.807, 2.05) is 13.8 Å². The van der Waals surface area contributed by atoms with Crippen LogP contribution in [0, 0.1) is 0 Å². The van der Waals surface area contributed by atoms with Crippen molar-refractivity contribution < 1.29 is 9.84 Å². The van der Waals surface area contributed by atoms with Crippen LogP contribution < -0.4 is 5.32 Å². The standard InChI is InChI=1S/C8H17NO2/c1-6(2)11-8-5-9-4-3-7(8)10/h6-10H,3-5H2,1-2H3/t7-,8-/m0/s1. The predicted molar refractivity (Wildman–Crippen MR) is 43.5 cm³/mol. The Bertz CT molecular complexity index is 117. The molecule has 0 spiro atoms. The fraction of sp³-hybridized carbons (Fsp3) is 1.00. The van der Waals surface area contributed by atoms with Crippen molar-refractivity contribution in [2.24, 2.45) is 0 Å². The van der Waals surface area contributed by atoms with Crippen molar-refractivity contribution in [2.75, 3.05) is 13.1 Å². The highest BCUT2D eigenvalue weighted by atomic mass is 16.5. The lowest BCUT2D eigenvalue weighted by molar-refractivity contribution is -0.0754. The lowest BCUT2D eigenvalue weighted by atomic mass is 10.1. The van der Waals surface area contributed by atoms with Crippen molar-refractivity contribution in [3.63, 3.8) is 0 Å². The summed E-state index contributed by atoms with van der Waals surface area (Å²) in [5.41, 5.74) is 0. The van der Waals surface area contributed by atoms with Gasteiger partial charge in [0.1, 0.15) is 0 Å². The normalized spacial score (nSPS) is 32.7. The van der Waals surface area contributed by atoms with E-state index in [0.29, 0.717) is 0 Å². The molecule has 0 saturated carbocycles. The van der Waals surface area contributed by atoms with E-state index in [2.05, 4.69) is 5.32 Å². The summed E-state index contributed by atoms with van der Waals surface area (Å²) in [6.45, 7) is 5.65. The summed E-state index contributed by atoms with van der Waals surface area (Å²) in [7, 11) is 0. The van der Waals surface area contributed by atoms with E-state index in [0.717, 1.165) is 19.5 Å². The second kappa shape index (κ2) is 4.04. The van der Waals surface area contributed by atoms with Crippen LogP contribution in [-0.4, -0.2) is 36.5 Å². The monoisotopic (exact) mass is 159 g/mol. The highest BCUT2D eigenvalue weighted by Crippen LogP contribution is 2.09. The van der Waals surface area contributed by atoms with Gasteiger partial charge in [0.25, 0.3) is 0 Å². The van der Waals surface area contributed by atoms with Crippen molar-refractivity contribution in [2.45, 2.75) is 38.6 Å². The minimum Gasteiger partial charge on any atom is -0.390 e. The maximum atomic E-state index is 9.45. The van der Waals surface area contributed by atoms with Crippen LogP contribution in [0.2, 0.25) is 0 Å². The van der Waals surface area contributed by atoms with Crippen LogP contribution in [-0.2, 0) is 4.74 Å². The first-order chi connectivity index (χ1) is 5.20. The molecule has 3 nitrogen and oxygen atoms in total. The molecule has 3 heteroatoms. The van der Waals surface area contributed by atoms with Crippen LogP contribution in [0.5, 0.6) is 0 Å². The Hall–Kier alpha value is -0.120. The predicted octanol–water partition coefficient (Wildman–Crippen LogP) is 0.134. The van der Waals surface area contributed by atoms with E-state index in [-0.39, 0.29) is 18.3 Å². The lowest BCUT2D eigenvalue weighted by Gasteiger charge is -2.29. The minimum absolute atomic E-state index is 0.0104. The number of hydrogen-bond donors (Lipinski definition) is 2. The number of rotatable bonds is 2. The molecule has 66 valence electrons. The zero-order chi connectivity index (χ0) is 8.27. The first kappa shape index (κ1) is 8.97. The topological polar surface area (TPSA) is 41.5 Å². The van der Waals surface area contributed by atoms with Crippen LogP contribution >= 0.6 is 0 Å². The zero-order valence-electron chi connectivity index (χ0n) is 7.21. The van der Waals surface area contributed by atoms with Crippen molar-refractivity contribution >= 4 is 0 Å². The van der Waals surface area contributed by atoms with Gasteiger partial charge in [-0.2, -0.15) is 0 Å². The summed E-state index contributed by atoms with van der Waals surface area (Å²) in [4.78, 5) is 0. The van der Waals surface area contributed by atoms with Gasteiger partial charge < -0.3 is 15.2 Å². The van der Waals surface area contributed by atoms with Crippen molar-refractivity contribution in [1.82, 2.24) is 5.32 Å². The number of piperidine rings is 1. The average molecular weight is 159 g/mol. The van der Waals surface area contributed by atoms with Gasteiger partial charge in [0.15, 0.2) is 0 Å². The van der Waals surface area contributed by atoms with Crippen LogP contribution in [0.3, 0.4) is 0 Å². The van der Waals surface area contributed by atoms with Crippen molar-refractivity contribution in [3.8, 4) is 0 Å². The molecule has 1 aliphatic rings. The number of aliphatic hydroxyl groups excluding tert-OH is 1. The Morgan fingerprint density at radius 2 is 2.27 bits per heavy atom. The van der Waals surface area contributed by atoms with Gasteiger partial charge in [-0.25, -0.2) is 0 Å². The fourth-order valence-electron chi connectivity index (χ4n) is 1.30. The van der Waals surface area contributed by atoms with Gasteiger partial charge in [-0.15, -0.1) is 0 Å². The third kappa shape index (κ3) is 2.77. The Morgan fingerprint density at radius 1 is 1.55 bits per heavy atom. The lowest BCUT2D eigenvalue weighted by Crippen LogP contribution is -2.46. The molecular weight excluding hydrogens is 142 g/mol. The molecule has 2 N–H and O–H groups in total. The summed E-state index contributed by atoms with van der Waals surface area (Å²) in [5, 5.41) is 12.6. The van der Waals surface area contributed by atoms with E-state index < -0.39 is 0 Å². The van der Waals surface area contributed by atoms with Crippen LogP contribution in [0.4, 0.5) is 0 Å². The third-order valence-electron chi connectivity index (χ3n) is 1.84. The second-order valence-electron chi connectivity index (χ2n) is 3.28. The van der Waals surface area contributed by atoms with E-state index in [9.17, 15) is 5.11 Å². The maximum Gasteiger partial charge on any atom is 0.0961 e.